The Morgan fingerprint density at radius 1 is 1.13 bits per heavy atom. The second-order valence-electron chi connectivity index (χ2n) is 8.15. The molecule has 0 radical (unpaired) electrons. The van der Waals surface area contributed by atoms with Crippen molar-refractivity contribution in [1.82, 2.24) is 24.5 Å². The molecular weight excluding hydrogens is 422 g/mol. The van der Waals surface area contributed by atoms with Crippen LogP contribution in [0.25, 0.3) is 11.2 Å². The maximum Gasteiger partial charge on any atom is 0.229 e. The SMILES string of the molecule is Nc1nc(Cl)nc2c1ncn2C1CCC(C(=O)Nc2nc3c(s2)CCCCC3)CC1. The van der Waals surface area contributed by atoms with Crippen LogP contribution < -0.4 is 11.1 Å². The Hall–Kier alpha value is -2.26. The van der Waals surface area contributed by atoms with Crippen LogP contribution in [0.15, 0.2) is 6.33 Å². The first-order chi connectivity index (χ1) is 14.6. The second-order valence-corrected chi connectivity index (χ2v) is 9.57. The highest BCUT2D eigenvalue weighted by molar-refractivity contribution is 7.15. The fraction of sp³-hybridized carbons (Fsp3) is 0.550. The van der Waals surface area contributed by atoms with E-state index in [0.717, 1.165) is 43.7 Å². The molecule has 3 aromatic rings. The van der Waals surface area contributed by atoms with Crippen LogP contribution in [0.1, 0.15) is 61.6 Å². The molecule has 3 N–H and O–H groups in total. The molecule has 10 heteroatoms. The van der Waals surface area contributed by atoms with Crippen LogP contribution in [0, 0.1) is 5.92 Å². The number of amides is 1. The minimum Gasteiger partial charge on any atom is -0.382 e. The van der Waals surface area contributed by atoms with Gasteiger partial charge in [-0.2, -0.15) is 9.97 Å². The Kier molecular flexibility index (Phi) is 5.32. The predicted octanol–water partition coefficient (Wildman–Crippen LogP) is 4.16. The van der Waals surface area contributed by atoms with Crippen molar-refractivity contribution in [2.24, 2.45) is 5.92 Å². The molecule has 2 aliphatic carbocycles. The third kappa shape index (κ3) is 3.76. The van der Waals surface area contributed by atoms with Gasteiger partial charge in [0.15, 0.2) is 16.6 Å². The van der Waals surface area contributed by atoms with E-state index in [-0.39, 0.29) is 23.2 Å². The number of aryl methyl sites for hydroxylation is 2. The van der Waals surface area contributed by atoms with Gasteiger partial charge < -0.3 is 15.6 Å². The molecule has 1 amide bonds. The number of aromatic nitrogens is 5. The van der Waals surface area contributed by atoms with Crippen molar-refractivity contribution >= 4 is 51.0 Å². The Morgan fingerprint density at radius 3 is 2.77 bits per heavy atom. The van der Waals surface area contributed by atoms with Crippen LogP contribution in [0.4, 0.5) is 10.9 Å². The lowest BCUT2D eigenvalue weighted by Gasteiger charge is -2.28. The number of carbonyl (C=O) groups excluding carboxylic acids is 1. The maximum absolute atomic E-state index is 12.8. The van der Waals surface area contributed by atoms with Crippen molar-refractivity contribution < 1.29 is 4.79 Å². The highest BCUT2D eigenvalue weighted by atomic mass is 35.5. The number of nitrogen functional groups attached to an aromatic ring is 1. The number of imidazole rings is 1. The smallest absolute Gasteiger partial charge is 0.229 e. The summed E-state index contributed by atoms with van der Waals surface area (Å²) < 4.78 is 2.02. The van der Waals surface area contributed by atoms with Crippen molar-refractivity contribution in [2.45, 2.75) is 63.8 Å². The molecule has 3 heterocycles. The number of hydrogen-bond acceptors (Lipinski definition) is 7. The zero-order chi connectivity index (χ0) is 20.7. The quantitative estimate of drug-likeness (QED) is 0.462. The van der Waals surface area contributed by atoms with Gasteiger partial charge >= 0.3 is 0 Å². The molecule has 158 valence electrons. The molecule has 2 aliphatic rings. The summed E-state index contributed by atoms with van der Waals surface area (Å²) in [6.45, 7) is 0. The highest BCUT2D eigenvalue weighted by Gasteiger charge is 2.29. The largest absolute Gasteiger partial charge is 0.382 e. The molecule has 0 bridgehead atoms. The van der Waals surface area contributed by atoms with E-state index in [0.29, 0.717) is 17.0 Å². The van der Waals surface area contributed by atoms with Gasteiger partial charge in [-0.3, -0.25) is 4.79 Å². The first kappa shape index (κ1) is 19.7. The normalized spacial score (nSPS) is 21.9. The maximum atomic E-state index is 12.8. The molecule has 0 unspecified atom stereocenters. The van der Waals surface area contributed by atoms with E-state index in [2.05, 4.69) is 25.3 Å². The number of halogens is 1. The van der Waals surface area contributed by atoms with Crippen molar-refractivity contribution in [1.29, 1.82) is 0 Å². The zero-order valence-corrected chi connectivity index (χ0v) is 18.2. The van der Waals surface area contributed by atoms with E-state index in [1.54, 1.807) is 17.7 Å². The molecule has 1 fully saturated rings. The van der Waals surface area contributed by atoms with Crippen molar-refractivity contribution in [3.05, 3.63) is 22.2 Å². The number of nitrogens with zero attached hydrogens (tertiary/aromatic N) is 5. The first-order valence-electron chi connectivity index (χ1n) is 10.5. The number of anilines is 2. The molecule has 30 heavy (non-hydrogen) atoms. The summed E-state index contributed by atoms with van der Waals surface area (Å²) in [5.41, 5.74) is 8.32. The van der Waals surface area contributed by atoms with Gasteiger partial charge in [-0.05, 0) is 63.0 Å². The standard InChI is InChI=1S/C20H24ClN7OS/c21-19-25-16(22)15-17(26-19)28(10-23-15)12-8-6-11(7-9-12)18(29)27-20-24-13-4-2-1-3-5-14(13)30-20/h10-12H,1-9H2,(H2,22,25,26)(H,24,27,29). The summed E-state index contributed by atoms with van der Waals surface area (Å²) >= 11 is 7.63. The average molecular weight is 446 g/mol. The van der Waals surface area contributed by atoms with E-state index >= 15 is 0 Å². The Morgan fingerprint density at radius 2 is 1.93 bits per heavy atom. The van der Waals surface area contributed by atoms with E-state index in [9.17, 15) is 4.79 Å². The third-order valence-corrected chi connectivity index (χ3v) is 7.45. The van der Waals surface area contributed by atoms with Gasteiger partial charge in [-0.15, -0.1) is 11.3 Å². The van der Waals surface area contributed by atoms with Gasteiger partial charge in [0.1, 0.15) is 5.52 Å². The Balaban J connectivity index is 1.23. The zero-order valence-electron chi connectivity index (χ0n) is 16.6. The number of carbonyl (C=O) groups is 1. The predicted molar refractivity (Wildman–Crippen MR) is 118 cm³/mol. The Labute approximate surface area is 183 Å². The van der Waals surface area contributed by atoms with E-state index in [1.807, 2.05) is 4.57 Å². The summed E-state index contributed by atoms with van der Waals surface area (Å²) in [5, 5.41) is 3.96. The number of thiazole rings is 1. The third-order valence-electron chi connectivity index (χ3n) is 6.21. The molecular formula is C20H24ClN7OS. The van der Waals surface area contributed by atoms with Gasteiger partial charge in [-0.25, -0.2) is 9.97 Å². The van der Waals surface area contributed by atoms with Crippen LogP contribution in [0.5, 0.6) is 0 Å². The molecule has 0 atom stereocenters. The van der Waals surface area contributed by atoms with Crippen LogP contribution >= 0.6 is 22.9 Å². The fourth-order valence-corrected chi connectivity index (χ4v) is 5.81. The summed E-state index contributed by atoms with van der Waals surface area (Å²) in [6, 6.07) is 0.223. The molecule has 0 spiro atoms. The Bertz CT molecular complexity index is 1060. The van der Waals surface area contributed by atoms with Gasteiger partial charge in [0.2, 0.25) is 11.2 Å². The van der Waals surface area contributed by atoms with E-state index < -0.39 is 0 Å². The van der Waals surface area contributed by atoms with Crippen LogP contribution in [0.3, 0.4) is 0 Å². The molecule has 3 aromatic heterocycles. The van der Waals surface area contributed by atoms with Gasteiger partial charge in [0.25, 0.3) is 0 Å². The monoisotopic (exact) mass is 445 g/mol. The summed E-state index contributed by atoms with van der Waals surface area (Å²) in [5.74, 6) is 0.379. The number of nitrogens with one attached hydrogen (secondary N) is 1. The number of hydrogen-bond donors (Lipinski definition) is 2. The van der Waals surface area contributed by atoms with Crippen LogP contribution in [-0.4, -0.2) is 30.4 Å². The summed E-state index contributed by atoms with van der Waals surface area (Å²) in [4.78, 5) is 31.5. The lowest BCUT2D eigenvalue weighted by Crippen LogP contribution is -2.28. The van der Waals surface area contributed by atoms with E-state index in [4.69, 9.17) is 17.3 Å². The molecule has 1 saturated carbocycles. The van der Waals surface area contributed by atoms with Crippen molar-refractivity contribution in [3.8, 4) is 0 Å². The first-order valence-corrected chi connectivity index (χ1v) is 11.7. The molecule has 8 nitrogen and oxygen atoms in total. The average Bonchev–Trinajstić information content (AvgIpc) is 3.25. The highest BCUT2D eigenvalue weighted by Crippen LogP contribution is 2.36. The van der Waals surface area contributed by atoms with Gasteiger partial charge in [-0.1, -0.05) is 6.42 Å². The number of nitrogens with two attached hydrogens (primary N) is 1. The number of rotatable bonds is 3. The number of fused-ring (bicyclic) bond motifs is 2. The van der Waals surface area contributed by atoms with Gasteiger partial charge in [0, 0.05) is 16.8 Å². The molecule has 5 rings (SSSR count). The molecule has 0 aliphatic heterocycles. The lowest BCUT2D eigenvalue weighted by atomic mass is 9.85. The fourth-order valence-electron chi connectivity index (χ4n) is 4.58. The van der Waals surface area contributed by atoms with E-state index in [1.165, 1.54) is 29.8 Å². The van der Waals surface area contributed by atoms with Crippen molar-refractivity contribution in [2.75, 3.05) is 11.1 Å². The molecule has 0 saturated heterocycles. The lowest BCUT2D eigenvalue weighted by molar-refractivity contribution is -0.120. The summed E-state index contributed by atoms with van der Waals surface area (Å²) in [7, 11) is 0. The topological polar surface area (TPSA) is 112 Å². The molecule has 0 aromatic carbocycles. The minimum atomic E-state index is 0.00280. The second kappa shape index (κ2) is 8.11. The van der Waals surface area contributed by atoms with Gasteiger partial charge in [0.05, 0.1) is 12.0 Å². The minimum absolute atomic E-state index is 0.00280. The summed E-state index contributed by atoms with van der Waals surface area (Å²) in [6.07, 6.45) is 10.9. The van der Waals surface area contributed by atoms with Crippen molar-refractivity contribution in [3.63, 3.8) is 0 Å². The van der Waals surface area contributed by atoms with Crippen LogP contribution in [0.2, 0.25) is 5.28 Å². The van der Waals surface area contributed by atoms with Crippen LogP contribution in [-0.2, 0) is 17.6 Å².